The minimum Gasteiger partial charge on any atom is -0.421 e. The van der Waals surface area contributed by atoms with Gasteiger partial charge in [0.05, 0.1) is 5.92 Å². The van der Waals surface area contributed by atoms with Crippen LogP contribution in [0.15, 0.2) is 36.4 Å². The van der Waals surface area contributed by atoms with Crippen molar-refractivity contribution in [2.45, 2.75) is 24.3 Å². The fourth-order valence-electron chi connectivity index (χ4n) is 2.77. The van der Waals surface area contributed by atoms with E-state index < -0.39 is 22.3 Å². The van der Waals surface area contributed by atoms with Gasteiger partial charge in [-0.25, -0.2) is 4.79 Å². The number of nitrogens with zero attached hydrogens (tertiary/aromatic N) is 1. The van der Waals surface area contributed by atoms with Gasteiger partial charge in [-0.3, -0.25) is 10.1 Å². The van der Waals surface area contributed by atoms with Gasteiger partial charge in [0.1, 0.15) is 5.75 Å². The zero-order valence-electron chi connectivity index (χ0n) is 9.54. The third kappa shape index (κ3) is 1.24. The summed E-state index contributed by atoms with van der Waals surface area (Å²) >= 11 is 0. The molecule has 1 aromatic carbocycles. The second-order valence-electron chi connectivity index (χ2n) is 4.57. The molecule has 3 rings (SSSR count). The molecule has 92 valence electrons. The first kappa shape index (κ1) is 11.0. The van der Waals surface area contributed by atoms with Gasteiger partial charge in [-0.15, -0.1) is 0 Å². The Labute approximate surface area is 103 Å². The van der Waals surface area contributed by atoms with Crippen LogP contribution in [0.5, 0.6) is 5.75 Å². The molecule has 5 nitrogen and oxygen atoms in total. The van der Waals surface area contributed by atoms with Gasteiger partial charge in [-0.1, -0.05) is 30.4 Å². The predicted molar refractivity (Wildman–Crippen MR) is 62.9 cm³/mol. The van der Waals surface area contributed by atoms with Crippen molar-refractivity contribution in [3.63, 3.8) is 0 Å². The first-order valence-corrected chi connectivity index (χ1v) is 5.77. The van der Waals surface area contributed by atoms with Gasteiger partial charge >= 0.3 is 11.5 Å². The van der Waals surface area contributed by atoms with E-state index in [0.29, 0.717) is 12.2 Å². The molecule has 0 saturated heterocycles. The summed E-state index contributed by atoms with van der Waals surface area (Å²) in [6, 6.07) is 7.03. The van der Waals surface area contributed by atoms with Crippen LogP contribution in [0.2, 0.25) is 0 Å². The number of nitro groups is 1. The van der Waals surface area contributed by atoms with E-state index in [2.05, 4.69) is 0 Å². The lowest BCUT2D eigenvalue weighted by atomic mass is 9.71. The molecule has 1 heterocycles. The van der Waals surface area contributed by atoms with Crippen LogP contribution in [0, 0.1) is 10.1 Å². The molecule has 2 atom stereocenters. The molecule has 0 unspecified atom stereocenters. The number of carbonyl (C=O) groups is 1. The Morgan fingerprint density at radius 2 is 2.11 bits per heavy atom. The van der Waals surface area contributed by atoms with Crippen molar-refractivity contribution in [1.29, 1.82) is 0 Å². The topological polar surface area (TPSA) is 69.4 Å². The molecular weight excluding hydrogens is 234 g/mol. The van der Waals surface area contributed by atoms with Gasteiger partial charge in [-0.2, -0.15) is 0 Å². The summed E-state index contributed by atoms with van der Waals surface area (Å²) < 4.78 is 5.15. The molecule has 1 aromatic rings. The molecular formula is C13H11NO4. The Morgan fingerprint density at radius 1 is 1.33 bits per heavy atom. The standard InChI is InChI=1S/C13H11NO4/c15-12-13(14(16)17)8-4-3-6-10(13)9-5-1-2-7-11(9)18-12/h1-5,7,10H,6,8H2/t10-,13+/m1/s1. The quantitative estimate of drug-likeness (QED) is 0.249. The molecule has 1 aliphatic heterocycles. The van der Waals surface area contributed by atoms with E-state index in [-0.39, 0.29) is 6.42 Å². The third-order valence-corrected chi connectivity index (χ3v) is 3.72. The summed E-state index contributed by atoms with van der Waals surface area (Å²) in [5.74, 6) is -0.740. The molecule has 5 heteroatoms. The molecule has 2 aliphatic rings. The van der Waals surface area contributed by atoms with Crippen molar-refractivity contribution in [1.82, 2.24) is 0 Å². The fraction of sp³-hybridized carbons (Fsp3) is 0.308. The van der Waals surface area contributed by atoms with Crippen LogP contribution in [0.1, 0.15) is 24.3 Å². The van der Waals surface area contributed by atoms with Crippen molar-refractivity contribution >= 4 is 5.97 Å². The monoisotopic (exact) mass is 245 g/mol. The highest BCUT2D eigenvalue weighted by atomic mass is 16.6. The van der Waals surface area contributed by atoms with Crippen LogP contribution < -0.4 is 4.74 Å². The zero-order chi connectivity index (χ0) is 12.8. The molecule has 0 saturated carbocycles. The molecule has 0 N–H and O–H groups in total. The van der Waals surface area contributed by atoms with E-state index in [4.69, 9.17) is 4.74 Å². The first-order valence-electron chi connectivity index (χ1n) is 5.77. The number of fused-ring (bicyclic) bond motifs is 3. The molecule has 0 aromatic heterocycles. The second-order valence-corrected chi connectivity index (χ2v) is 4.57. The van der Waals surface area contributed by atoms with Gasteiger partial charge in [-0.05, 0) is 12.5 Å². The Balaban J connectivity index is 2.22. The van der Waals surface area contributed by atoms with Crippen molar-refractivity contribution in [2.24, 2.45) is 0 Å². The van der Waals surface area contributed by atoms with Gasteiger partial charge in [0.15, 0.2) is 0 Å². The number of hydrogen-bond donors (Lipinski definition) is 0. The highest BCUT2D eigenvalue weighted by molar-refractivity contribution is 5.86. The van der Waals surface area contributed by atoms with Crippen LogP contribution in [0.25, 0.3) is 0 Å². The summed E-state index contributed by atoms with van der Waals surface area (Å²) in [5.41, 5.74) is -0.901. The first-order chi connectivity index (χ1) is 8.66. The maximum atomic E-state index is 12.1. The van der Waals surface area contributed by atoms with Crippen molar-refractivity contribution < 1.29 is 14.5 Å². The average Bonchev–Trinajstić information content (AvgIpc) is 2.39. The third-order valence-electron chi connectivity index (χ3n) is 3.72. The average molecular weight is 245 g/mol. The summed E-state index contributed by atoms with van der Waals surface area (Å²) in [5, 5.41) is 11.4. The number of benzene rings is 1. The summed E-state index contributed by atoms with van der Waals surface area (Å²) in [6.45, 7) is 0. The van der Waals surface area contributed by atoms with Crippen LogP contribution in [0.4, 0.5) is 0 Å². The Hall–Kier alpha value is -2.17. The van der Waals surface area contributed by atoms with Gasteiger partial charge in [0.2, 0.25) is 0 Å². The number of allylic oxidation sites excluding steroid dienone is 1. The molecule has 0 bridgehead atoms. The Morgan fingerprint density at radius 3 is 2.89 bits per heavy atom. The molecule has 18 heavy (non-hydrogen) atoms. The molecule has 0 amide bonds. The number of esters is 1. The van der Waals surface area contributed by atoms with E-state index in [9.17, 15) is 14.9 Å². The lowest BCUT2D eigenvalue weighted by molar-refractivity contribution is -0.560. The van der Waals surface area contributed by atoms with E-state index in [0.717, 1.165) is 5.56 Å². The van der Waals surface area contributed by atoms with Gasteiger partial charge < -0.3 is 4.74 Å². The second kappa shape index (κ2) is 3.66. The lowest BCUT2D eigenvalue weighted by Crippen LogP contribution is -2.56. The fourth-order valence-corrected chi connectivity index (χ4v) is 2.77. The number of hydrogen-bond acceptors (Lipinski definition) is 4. The number of ether oxygens (including phenoxy) is 1. The van der Waals surface area contributed by atoms with Crippen molar-refractivity contribution in [3.05, 3.63) is 52.1 Å². The highest BCUT2D eigenvalue weighted by Gasteiger charge is 2.62. The zero-order valence-corrected chi connectivity index (χ0v) is 9.54. The van der Waals surface area contributed by atoms with Crippen LogP contribution in [-0.2, 0) is 4.79 Å². The Kier molecular flexibility index (Phi) is 2.23. The minimum absolute atomic E-state index is 0.0951. The molecule has 1 aliphatic carbocycles. The lowest BCUT2D eigenvalue weighted by Gasteiger charge is -2.36. The van der Waals surface area contributed by atoms with Crippen LogP contribution in [0.3, 0.4) is 0 Å². The van der Waals surface area contributed by atoms with Gasteiger partial charge in [0, 0.05) is 16.9 Å². The van der Waals surface area contributed by atoms with E-state index >= 15 is 0 Å². The van der Waals surface area contributed by atoms with Crippen molar-refractivity contribution in [2.75, 3.05) is 0 Å². The highest BCUT2D eigenvalue weighted by Crippen LogP contribution is 2.47. The van der Waals surface area contributed by atoms with E-state index in [1.807, 2.05) is 6.08 Å². The molecule has 0 fully saturated rings. The largest absolute Gasteiger partial charge is 0.421 e. The predicted octanol–water partition coefficient (Wildman–Crippen LogP) is 2.05. The molecule has 0 radical (unpaired) electrons. The van der Waals surface area contributed by atoms with Crippen molar-refractivity contribution in [3.8, 4) is 5.75 Å². The van der Waals surface area contributed by atoms with E-state index in [1.165, 1.54) is 0 Å². The SMILES string of the molecule is O=C1Oc2ccccc2[C@H]2CC=CC[C@@]12[N+](=O)[O-]. The maximum absolute atomic E-state index is 12.1. The number of para-hydroxylation sites is 1. The normalized spacial score (nSPS) is 29.1. The number of rotatable bonds is 1. The van der Waals surface area contributed by atoms with Gasteiger partial charge in [0.25, 0.3) is 0 Å². The van der Waals surface area contributed by atoms with Crippen LogP contribution in [-0.4, -0.2) is 16.4 Å². The summed E-state index contributed by atoms with van der Waals surface area (Å²) in [6.07, 6.45) is 4.17. The number of carbonyl (C=O) groups excluding carboxylic acids is 1. The van der Waals surface area contributed by atoms with E-state index in [1.54, 1.807) is 30.3 Å². The minimum atomic E-state index is -1.65. The van der Waals surface area contributed by atoms with Crippen LogP contribution >= 0.6 is 0 Å². The summed E-state index contributed by atoms with van der Waals surface area (Å²) in [4.78, 5) is 23.0. The molecule has 0 spiro atoms. The smallest absolute Gasteiger partial charge is 0.391 e. The maximum Gasteiger partial charge on any atom is 0.391 e. The Bertz CT molecular complexity index is 566. The summed E-state index contributed by atoms with van der Waals surface area (Å²) in [7, 11) is 0.